The Balaban J connectivity index is 3.36. The standard InChI is InChI=1S/C12H14Cl3NO3S/c1-3-9(2)16(11(17)12(13,14)15)20(18,19)10-7-5-4-6-8-10/h4-9H,3H2,1-2H3. The number of halogens is 3. The first kappa shape index (κ1) is 17.6. The molecule has 0 aliphatic heterocycles. The smallest absolute Gasteiger partial charge is 0.269 e. The summed E-state index contributed by atoms with van der Waals surface area (Å²) < 4.78 is 23.4. The summed E-state index contributed by atoms with van der Waals surface area (Å²) >= 11 is 16.6. The largest absolute Gasteiger partial charge is 0.288 e. The Kier molecular flexibility index (Phi) is 5.72. The van der Waals surface area contributed by atoms with Crippen molar-refractivity contribution >= 4 is 50.7 Å². The first-order valence-electron chi connectivity index (χ1n) is 5.83. The van der Waals surface area contributed by atoms with Gasteiger partial charge in [-0.05, 0) is 25.5 Å². The number of rotatable bonds is 4. The molecular formula is C12H14Cl3NO3S. The van der Waals surface area contributed by atoms with Gasteiger partial charge in [-0.1, -0.05) is 59.9 Å². The zero-order valence-corrected chi connectivity index (χ0v) is 14.0. The molecule has 0 saturated heterocycles. The van der Waals surface area contributed by atoms with Crippen molar-refractivity contribution in [2.24, 2.45) is 0 Å². The second kappa shape index (κ2) is 6.52. The number of amides is 1. The molecule has 1 atom stereocenters. The van der Waals surface area contributed by atoms with Crippen molar-refractivity contribution in [2.45, 2.75) is 35.0 Å². The molecule has 0 heterocycles. The van der Waals surface area contributed by atoms with Crippen molar-refractivity contribution in [1.82, 2.24) is 4.31 Å². The van der Waals surface area contributed by atoms with Crippen LogP contribution in [0.4, 0.5) is 0 Å². The molecule has 0 fully saturated rings. The highest BCUT2D eigenvalue weighted by Crippen LogP contribution is 2.32. The summed E-state index contributed by atoms with van der Waals surface area (Å²) in [4.78, 5) is 12.1. The summed E-state index contributed by atoms with van der Waals surface area (Å²) in [5, 5.41) is 0. The molecule has 112 valence electrons. The molecule has 0 radical (unpaired) electrons. The SMILES string of the molecule is CCC(C)N(C(=O)C(Cl)(Cl)Cl)S(=O)(=O)c1ccccc1. The molecule has 1 aromatic rings. The van der Waals surface area contributed by atoms with Crippen LogP contribution in [-0.2, 0) is 14.8 Å². The molecule has 0 spiro atoms. The van der Waals surface area contributed by atoms with E-state index < -0.39 is 25.8 Å². The normalized spacial score (nSPS) is 13.8. The van der Waals surface area contributed by atoms with Crippen LogP contribution >= 0.6 is 34.8 Å². The fraction of sp³-hybridized carbons (Fsp3) is 0.417. The highest BCUT2D eigenvalue weighted by atomic mass is 35.6. The average molecular weight is 359 g/mol. The third-order valence-electron chi connectivity index (χ3n) is 2.73. The van der Waals surface area contributed by atoms with E-state index in [1.165, 1.54) is 12.1 Å². The minimum Gasteiger partial charge on any atom is -0.269 e. The number of carbonyl (C=O) groups excluding carboxylic acids is 1. The third kappa shape index (κ3) is 3.79. The van der Waals surface area contributed by atoms with Gasteiger partial charge in [-0.25, -0.2) is 12.7 Å². The van der Waals surface area contributed by atoms with Gasteiger partial charge < -0.3 is 0 Å². The van der Waals surface area contributed by atoms with E-state index in [-0.39, 0.29) is 4.90 Å². The molecule has 1 amide bonds. The van der Waals surface area contributed by atoms with Crippen molar-refractivity contribution in [2.75, 3.05) is 0 Å². The van der Waals surface area contributed by atoms with Gasteiger partial charge in [0.1, 0.15) is 0 Å². The van der Waals surface area contributed by atoms with E-state index in [4.69, 9.17) is 34.8 Å². The lowest BCUT2D eigenvalue weighted by Gasteiger charge is -2.30. The predicted octanol–water partition coefficient (Wildman–Crippen LogP) is 3.37. The van der Waals surface area contributed by atoms with Crippen LogP contribution in [0.1, 0.15) is 20.3 Å². The molecule has 0 aliphatic rings. The molecule has 1 unspecified atom stereocenters. The zero-order valence-electron chi connectivity index (χ0n) is 10.9. The van der Waals surface area contributed by atoms with Gasteiger partial charge in [0.25, 0.3) is 19.7 Å². The predicted molar refractivity (Wildman–Crippen MR) is 80.5 cm³/mol. The van der Waals surface area contributed by atoms with E-state index in [0.29, 0.717) is 10.7 Å². The Labute approximate surface area is 133 Å². The Hall–Kier alpha value is -0.490. The highest BCUT2D eigenvalue weighted by Gasteiger charge is 2.43. The average Bonchev–Trinajstić information content (AvgIpc) is 2.38. The Morgan fingerprint density at radius 1 is 1.25 bits per heavy atom. The Morgan fingerprint density at radius 2 is 1.75 bits per heavy atom. The van der Waals surface area contributed by atoms with Gasteiger partial charge in [-0.2, -0.15) is 0 Å². The van der Waals surface area contributed by atoms with Crippen LogP contribution in [0, 0.1) is 0 Å². The van der Waals surface area contributed by atoms with E-state index in [2.05, 4.69) is 0 Å². The molecule has 0 bridgehead atoms. The maximum atomic E-state index is 12.6. The summed E-state index contributed by atoms with van der Waals surface area (Å²) in [6.07, 6.45) is 0.401. The number of hydrogen-bond acceptors (Lipinski definition) is 3. The summed E-state index contributed by atoms with van der Waals surface area (Å²) in [7, 11) is -4.06. The third-order valence-corrected chi connectivity index (χ3v) is 5.13. The Bertz CT molecular complexity index is 569. The van der Waals surface area contributed by atoms with Crippen LogP contribution in [0.15, 0.2) is 35.2 Å². The quantitative estimate of drug-likeness (QED) is 0.775. The molecule has 4 nitrogen and oxygen atoms in total. The number of benzene rings is 1. The van der Waals surface area contributed by atoms with Gasteiger partial charge in [0.2, 0.25) is 0 Å². The van der Waals surface area contributed by atoms with Crippen LogP contribution in [0.2, 0.25) is 0 Å². The number of hydrogen-bond donors (Lipinski definition) is 0. The number of carbonyl (C=O) groups is 1. The minimum absolute atomic E-state index is 0.0251. The molecule has 1 aromatic carbocycles. The minimum atomic E-state index is -4.06. The van der Waals surface area contributed by atoms with Crippen LogP contribution in [0.25, 0.3) is 0 Å². The van der Waals surface area contributed by atoms with Gasteiger partial charge in [-0.15, -0.1) is 0 Å². The first-order chi connectivity index (χ1) is 9.12. The highest BCUT2D eigenvalue weighted by molar-refractivity contribution is 7.89. The van der Waals surface area contributed by atoms with E-state index in [9.17, 15) is 13.2 Å². The lowest BCUT2D eigenvalue weighted by atomic mass is 10.2. The van der Waals surface area contributed by atoms with Crippen LogP contribution in [-0.4, -0.2) is 28.5 Å². The molecule has 0 aliphatic carbocycles. The number of alkyl halides is 3. The molecule has 0 N–H and O–H groups in total. The maximum Gasteiger partial charge on any atom is 0.288 e. The van der Waals surface area contributed by atoms with Crippen molar-refractivity contribution in [3.63, 3.8) is 0 Å². The van der Waals surface area contributed by atoms with Crippen molar-refractivity contribution in [1.29, 1.82) is 0 Å². The summed E-state index contributed by atoms with van der Waals surface area (Å²) in [6, 6.07) is 6.93. The van der Waals surface area contributed by atoms with E-state index >= 15 is 0 Å². The summed E-state index contributed by atoms with van der Waals surface area (Å²) in [6.45, 7) is 3.32. The van der Waals surface area contributed by atoms with Gasteiger partial charge in [0.05, 0.1) is 4.90 Å². The van der Waals surface area contributed by atoms with Gasteiger partial charge in [-0.3, -0.25) is 4.79 Å². The summed E-state index contributed by atoms with van der Waals surface area (Å²) in [5.41, 5.74) is 0. The van der Waals surface area contributed by atoms with E-state index in [1.807, 2.05) is 0 Å². The van der Waals surface area contributed by atoms with Crippen LogP contribution < -0.4 is 0 Å². The topological polar surface area (TPSA) is 54.5 Å². The maximum absolute atomic E-state index is 12.6. The van der Waals surface area contributed by atoms with E-state index in [1.54, 1.807) is 32.0 Å². The molecule has 1 rings (SSSR count). The van der Waals surface area contributed by atoms with Crippen LogP contribution in [0.5, 0.6) is 0 Å². The molecule has 0 aromatic heterocycles. The van der Waals surface area contributed by atoms with Gasteiger partial charge in [0.15, 0.2) is 0 Å². The Morgan fingerprint density at radius 3 is 2.15 bits per heavy atom. The van der Waals surface area contributed by atoms with Crippen molar-refractivity contribution in [3.8, 4) is 0 Å². The number of nitrogens with zero attached hydrogens (tertiary/aromatic N) is 1. The second-order valence-electron chi connectivity index (χ2n) is 4.17. The van der Waals surface area contributed by atoms with E-state index in [0.717, 1.165) is 0 Å². The van der Waals surface area contributed by atoms with Crippen molar-refractivity contribution < 1.29 is 13.2 Å². The summed E-state index contributed by atoms with van der Waals surface area (Å²) in [5.74, 6) is -1.08. The molecule has 8 heteroatoms. The zero-order chi connectivity index (χ0) is 15.6. The molecular weight excluding hydrogens is 345 g/mol. The molecule has 20 heavy (non-hydrogen) atoms. The molecule has 0 saturated carbocycles. The second-order valence-corrected chi connectivity index (χ2v) is 8.27. The van der Waals surface area contributed by atoms with Crippen molar-refractivity contribution in [3.05, 3.63) is 30.3 Å². The monoisotopic (exact) mass is 357 g/mol. The fourth-order valence-electron chi connectivity index (χ4n) is 1.54. The first-order valence-corrected chi connectivity index (χ1v) is 8.40. The van der Waals surface area contributed by atoms with Gasteiger partial charge in [0, 0.05) is 6.04 Å². The van der Waals surface area contributed by atoms with Gasteiger partial charge >= 0.3 is 0 Å². The lowest BCUT2D eigenvalue weighted by molar-refractivity contribution is -0.126. The number of sulfonamides is 1. The lowest BCUT2D eigenvalue weighted by Crippen LogP contribution is -2.48. The fourth-order valence-corrected chi connectivity index (χ4v) is 3.67. The van der Waals surface area contributed by atoms with Crippen LogP contribution in [0.3, 0.4) is 0 Å².